The van der Waals surface area contributed by atoms with Crippen LogP contribution in [-0.2, 0) is 23.9 Å². The van der Waals surface area contributed by atoms with Gasteiger partial charge in [0.2, 0.25) is 0 Å². The highest BCUT2D eigenvalue weighted by molar-refractivity contribution is 6.31. The number of nitrogens with zero attached hydrogens (tertiary/aromatic N) is 1. The van der Waals surface area contributed by atoms with Gasteiger partial charge in [-0.1, -0.05) is 23.7 Å². The van der Waals surface area contributed by atoms with Crippen LogP contribution in [-0.4, -0.2) is 35.7 Å². The summed E-state index contributed by atoms with van der Waals surface area (Å²) in [6, 6.07) is 7.35. The minimum atomic E-state index is -4.38. The molecule has 2 aliphatic rings. The molecule has 0 bridgehead atoms. The van der Waals surface area contributed by atoms with Gasteiger partial charge in [-0.2, -0.15) is 13.2 Å². The zero-order valence-electron chi connectivity index (χ0n) is 18.0. The summed E-state index contributed by atoms with van der Waals surface area (Å²) in [6.07, 6.45) is -2.30. The van der Waals surface area contributed by atoms with Gasteiger partial charge in [0.15, 0.2) is 0 Å². The number of alkyl halides is 3. The number of aryl methyl sites for hydroxylation is 1. The van der Waals surface area contributed by atoms with E-state index in [4.69, 9.17) is 22.1 Å². The van der Waals surface area contributed by atoms with Crippen molar-refractivity contribution in [3.63, 3.8) is 0 Å². The maximum atomic E-state index is 13.1. The Morgan fingerprint density at radius 2 is 1.91 bits per heavy atom. The number of benzene rings is 2. The lowest BCUT2D eigenvalue weighted by atomic mass is 9.83. The Balaban J connectivity index is 1.42. The first kappa shape index (κ1) is 23.4. The van der Waals surface area contributed by atoms with Gasteiger partial charge in [-0.05, 0) is 73.7 Å². The van der Waals surface area contributed by atoms with Crippen LogP contribution in [0.2, 0.25) is 5.02 Å². The van der Waals surface area contributed by atoms with Gasteiger partial charge >= 0.3 is 6.18 Å². The van der Waals surface area contributed by atoms with Crippen molar-refractivity contribution in [2.75, 3.05) is 19.6 Å². The summed E-state index contributed by atoms with van der Waals surface area (Å²) >= 11 is 6.17. The van der Waals surface area contributed by atoms with Crippen molar-refractivity contribution < 1.29 is 23.0 Å². The molecular formula is C24H28ClF3N2O2. The smallest absolute Gasteiger partial charge is 0.416 e. The molecule has 0 radical (unpaired) electrons. The highest BCUT2D eigenvalue weighted by Gasteiger charge is 2.36. The van der Waals surface area contributed by atoms with Crippen LogP contribution >= 0.6 is 11.6 Å². The van der Waals surface area contributed by atoms with Crippen LogP contribution in [0.25, 0.3) is 0 Å². The molecule has 0 amide bonds. The van der Waals surface area contributed by atoms with Gasteiger partial charge in [-0.15, -0.1) is 0 Å². The van der Waals surface area contributed by atoms with Crippen molar-refractivity contribution >= 4 is 11.6 Å². The Morgan fingerprint density at radius 1 is 1.19 bits per heavy atom. The normalized spacial score (nSPS) is 22.7. The third-order valence-corrected chi connectivity index (χ3v) is 7.12. The lowest BCUT2D eigenvalue weighted by molar-refractivity contribution is -0.137. The van der Waals surface area contributed by atoms with Crippen molar-refractivity contribution in [3.05, 3.63) is 63.2 Å². The maximum Gasteiger partial charge on any atom is 0.416 e. The Hall–Kier alpha value is -1.80. The van der Waals surface area contributed by atoms with Gasteiger partial charge in [-0.3, -0.25) is 4.90 Å². The average molecular weight is 469 g/mol. The van der Waals surface area contributed by atoms with Gasteiger partial charge < -0.3 is 15.6 Å². The van der Waals surface area contributed by atoms with Crippen LogP contribution in [0.5, 0.6) is 5.75 Å². The molecule has 8 heteroatoms. The molecular weight excluding hydrogens is 441 g/mol. The minimum Gasteiger partial charge on any atom is -0.507 e. The van der Waals surface area contributed by atoms with Crippen LogP contribution in [0.1, 0.15) is 46.8 Å². The molecule has 2 aliphatic heterocycles. The number of aromatic hydroxyl groups is 1. The van der Waals surface area contributed by atoms with Crippen molar-refractivity contribution in [2.24, 2.45) is 11.7 Å². The lowest BCUT2D eigenvalue weighted by Crippen LogP contribution is -2.42. The fourth-order valence-electron chi connectivity index (χ4n) is 4.88. The maximum absolute atomic E-state index is 13.1. The molecule has 0 spiro atoms. The number of likely N-dealkylation sites (tertiary alicyclic amines) is 1. The molecule has 4 nitrogen and oxygen atoms in total. The minimum absolute atomic E-state index is 0.0388. The zero-order chi connectivity index (χ0) is 23.0. The van der Waals surface area contributed by atoms with E-state index in [0.717, 1.165) is 54.8 Å². The molecule has 32 heavy (non-hydrogen) atoms. The number of phenols is 1. The number of rotatable bonds is 4. The van der Waals surface area contributed by atoms with Gasteiger partial charge in [0.05, 0.1) is 17.8 Å². The molecule has 2 atom stereocenters. The predicted octanol–water partition coefficient (Wildman–Crippen LogP) is 5.23. The van der Waals surface area contributed by atoms with E-state index in [2.05, 4.69) is 4.90 Å². The number of fused-ring (bicyclic) bond motifs is 1. The molecule has 174 valence electrons. The van der Waals surface area contributed by atoms with E-state index < -0.39 is 11.7 Å². The fraction of sp³-hybridized carbons (Fsp3) is 0.500. The van der Waals surface area contributed by atoms with E-state index in [-0.39, 0.29) is 12.2 Å². The van der Waals surface area contributed by atoms with Crippen molar-refractivity contribution in [2.45, 2.75) is 51.1 Å². The number of halogens is 4. The van der Waals surface area contributed by atoms with Crippen molar-refractivity contribution in [1.82, 2.24) is 4.90 Å². The highest BCUT2D eigenvalue weighted by Crippen LogP contribution is 2.40. The van der Waals surface area contributed by atoms with Crippen LogP contribution in [0.3, 0.4) is 0 Å². The number of piperidine rings is 1. The number of hydrogen-bond acceptors (Lipinski definition) is 4. The van der Waals surface area contributed by atoms with Crippen LogP contribution in [0.15, 0.2) is 30.3 Å². The second-order valence-corrected chi connectivity index (χ2v) is 9.23. The molecule has 3 N–H and O–H groups in total. The van der Waals surface area contributed by atoms with E-state index in [9.17, 15) is 18.3 Å². The molecule has 2 heterocycles. The first-order valence-corrected chi connectivity index (χ1v) is 11.3. The van der Waals surface area contributed by atoms with Crippen LogP contribution in [0.4, 0.5) is 13.2 Å². The third-order valence-electron chi connectivity index (χ3n) is 6.75. The van der Waals surface area contributed by atoms with Crippen LogP contribution < -0.4 is 5.73 Å². The Kier molecular flexibility index (Phi) is 6.73. The molecule has 2 aromatic rings. The second kappa shape index (κ2) is 9.21. The number of hydrogen-bond donors (Lipinski definition) is 2. The Labute approximate surface area is 191 Å². The predicted molar refractivity (Wildman–Crippen MR) is 118 cm³/mol. The summed E-state index contributed by atoms with van der Waals surface area (Å²) in [5.41, 5.74) is 8.50. The standard InChI is InChI=1S/C24H28ClF3N2O2/c1-14-2-4-18-19(23(14)31)11-21(32-22(18)12-29)15-6-8-30(9-7-15)13-16-10-17(24(26,27)28)3-5-20(16)25/h2-5,10,15,21-22,31H,6-9,11-13,29H2,1H3/t21-,22-/m0/s1. The van der Waals surface area contributed by atoms with Crippen LogP contribution in [0, 0.1) is 12.8 Å². The van der Waals surface area contributed by atoms with E-state index in [1.54, 1.807) is 0 Å². The monoisotopic (exact) mass is 468 g/mol. The molecule has 2 aromatic carbocycles. The molecule has 1 saturated heterocycles. The van der Waals surface area contributed by atoms with Gasteiger partial charge in [0.1, 0.15) is 5.75 Å². The summed E-state index contributed by atoms with van der Waals surface area (Å²) in [4.78, 5) is 2.14. The summed E-state index contributed by atoms with van der Waals surface area (Å²) in [7, 11) is 0. The number of ether oxygens (including phenoxy) is 1. The topological polar surface area (TPSA) is 58.7 Å². The Morgan fingerprint density at radius 3 is 2.56 bits per heavy atom. The largest absolute Gasteiger partial charge is 0.507 e. The zero-order valence-corrected chi connectivity index (χ0v) is 18.7. The molecule has 0 unspecified atom stereocenters. The van der Waals surface area contributed by atoms with E-state index in [1.807, 2.05) is 19.1 Å². The van der Waals surface area contributed by atoms with E-state index >= 15 is 0 Å². The van der Waals surface area contributed by atoms with Gasteiger partial charge in [0.25, 0.3) is 0 Å². The molecule has 4 rings (SSSR count). The van der Waals surface area contributed by atoms with Gasteiger partial charge in [-0.25, -0.2) is 0 Å². The van der Waals surface area contributed by atoms with E-state index in [0.29, 0.717) is 41.8 Å². The molecule has 1 fully saturated rings. The summed E-state index contributed by atoms with van der Waals surface area (Å²) in [5, 5.41) is 10.9. The quantitative estimate of drug-likeness (QED) is 0.645. The summed E-state index contributed by atoms with van der Waals surface area (Å²) in [6.45, 7) is 4.11. The molecule has 0 aromatic heterocycles. The Bertz CT molecular complexity index is 974. The van der Waals surface area contributed by atoms with Gasteiger partial charge in [0, 0.05) is 30.1 Å². The highest BCUT2D eigenvalue weighted by atomic mass is 35.5. The number of phenolic OH excluding ortho intramolecular Hbond substituents is 1. The fourth-order valence-corrected chi connectivity index (χ4v) is 5.05. The second-order valence-electron chi connectivity index (χ2n) is 8.82. The van der Waals surface area contributed by atoms with Crippen molar-refractivity contribution in [1.29, 1.82) is 0 Å². The molecule has 0 saturated carbocycles. The first-order chi connectivity index (χ1) is 15.2. The molecule has 0 aliphatic carbocycles. The average Bonchev–Trinajstić information content (AvgIpc) is 2.77. The summed E-state index contributed by atoms with van der Waals surface area (Å²) in [5.74, 6) is 0.621. The first-order valence-electron chi connectivity index (χ1n) is 10.9. The van der Waals surface area contributed by atoms with E-state index in [1.165, 1.54) is 6.07 Å². The third kappa shape index (κ3) is 4.76. The lowest BCUT2D eigenvalue weighted by Gasteiger charge is -2.40. The summed E-state index contributed by atoms with van der Waals surface area (Å²) < 4.78 is 45.5. The van der Waals surface area contributed by atoms with Crippen molar-refractivity contribution in [3.8, 4) is 5.75 Å². The number of nitrogens with two attached hydrogens (primary N) is 1. The SMILES string of the molecule is Cc1ccc2c(c1O)C[C@@H](C1CCN(Cc3cc(C(F)(F)F)ccc3Cl)CC1)O[C@H]2CN.